The van der Waals surface area contributed by atoms with Crippen molar-refractivity contribution in [3.8, 4) is 0 Å². The van der Waals surface area contributed by atoms with Gasteiger partial charge in [-0.25, -0.2) is 4.98 Å². The van der Waals surface area contributed by atoms with E-state index in [0.29, 0.717) is 16.6 Å². The van der Waals surface area contributed by atoms with E-state index in [2.05, 4.69) is 10.3 Å². The van der Waals surface area contributed by atoms with Crippen LogP contribution in [-0.2, 0) is 4.79 Å². The largest absolute Gasteiger partial charge is 0.399 e. The highest BCUT2D eigenvalue weighted by molar-refractivity contribution is 8.01. The SMILES string of the molecule is Nc1ccc2nc(NC(=O)CSc3cccs3)sc2c1. The van der Waals surface area contributed by atoms with Gasteiger partial charge in [0.15, 0.2) is 5.13 Å². The van der Waals surface area contributed by atoms with E-state index in [1.165, 1.54) is 23.1 Å². The Bertz CT molecular complexity index is 736. The van der Waals surface area contributed by atoms with Crippen LogP contribution < -0.4 is 11.1 Å². The van der Waals surface area contributed by atoms with Crippen LogP contribution in [0.3, 0.4) is 0 Å². The van der Waals surface area contributed by atoms with Crippen LogP contribution in [0.5, 0.6) is 0 Å². The van der Waals surface area contributed by atoms with Gasteiger partial charge in [0.25, 0.3) is 0 Å². The second kappa shape index (κ2) is 5.82. The number of nitrogen functional groups attached to an aromatic ring is 1. The van der Waals surface area contributed by atoms with Crippen molar-refractivity contribution < 1.29 is 4.79 Å². The first-order valence-electron chi connectivity index (χ1n) is 5.83. The maximum atomic E-state index is 11.9. The Morgan fingerprint density at radius 3 is 3.10 bits per heavy atom. The lowest BCUT2D eigenvalue weighted by Crippen LogP contribution is -2.13. The molecule has 0 aliphatic rings. The number of carbonyl (C=O) groups is 1. The number of benzene rings is 1. The zero-order valence-corrected chi connectivity index (χ0v) is 12.8. The molecule has 3 rings (SSSR count). The van der Waals surface area contributed by atoms with E-state index in [1.807, 2.05) is 29.6 Å². The van der Waals surface area contributed by atoms with Crippen LogP contribution in [0.4, 0.5) is 10.8 Å². The number of thioether (sulfide) groups is 1. The van der Waals surface area contributed by atoms with Crippen molar-refractivity contribution in [1.82, 2.24) is 4.98 Å². The summed E-state index contributed by atoms with van der Waals surface area (Å²) in [5.74, 6) is 0.342. The number of carbonyl (C=O) groups excluding carboxylic acids is 1. The van der Waals surface area contributed by atoms with Gasteiger partial charge >= 0.3 is 0 Å². The number of nitrogens with two attached hydrogens (primary N) is 1. The molecule has 1 aromatic carbocycles. The standard InChI is InChI=1S/C13H11N3OS3/c14-8-3-4-9-10(6-8)20-13(15-9)16-11(17)7-19-12-2-1-5-18-12/h1-6H,7,14H2,(H,15,16,17). The number of nitrogens with zero attached hydrogens (tertiary/aromatic N) is 1. The van der Waals surface area contributed by atoms with Gasteiger partial charge in [0.05, 0.1) is 20.2 Å². The molecule has 1 amide bonds. The number of thiophene rings is 1. The Hall–Kier alpha value is -1.57. The van der Waals surface area contributed by atoms with Crippen LogP contribution in [0.25, 0.3) is 10.2 Å². The molecule has 3 N–H and O–H groups in total. The van der Waals surface area contributed by atoms with E-state index in [9.17, 15) is 4.79 Å². The monoisotopic (exact) mass is 321 g/mol. The summed E-state index contributed by atoms with van der Waals surface area (Å²) < 4.78 is 2.11. The Balaban J connectivity index is 1.65. The summed E-state index contributed by atoms with van der Waals surface area (Å²) in [5, 5.41) is 5.44. The minimum atomic E-state index is -0.0459. The van der Waals surface area contributed by atoms with Crippen molar-refractivity contribution in [2.75, 3.05) is 16.8 Å². The van der Waals surface area contributed by atoms with Crippen molar-refractivity contribution in [3.05, 3.63) is 35.7 Å². The van der Waals surface area contributed by atoms with Crippen molar-refractivity contribution in [1.29, 1.82) is 0 Å². The molecule has 0 atom stereocenters. The summed E-state index contributed by atoms with van der Waals surface area (Å²) >= 11 is 4.59. The molecule has 2 aromatic heterocycles. The lowest BCUT2D eigenvalue weighted by molar-refractivity contribution is -0.113. The Kier molecular flexibility index (Phi) is 3.90. The summed E-state index contributed by atoms with van der Waals surface area (Å²) in [6, 6.07) is 9.51. The molecule has 0 bridgehead atoms. The average molecular weight is 321 g/mol. The van der Waals surface area contributed by atoms with Crippen molar-refractivity contribution in [2.24, 2.45) is 0 Å². The fourth-order valence-corrected chi connectivity index (χ4v) is 4.15. The van der Waals surface area contributed by atoms with Crippen molar-refractivity contribution in [2.45, 2.75) is 4.21 Å². The lowest BCUT2D eigenvalue weighted by Gasteiger charge is -1.99. The van der Waals surface area contributed by atoms with Crippen molar-refractivity contribution in [3.63, 3.8) is 0 Å². The zero-order chi connectivity index (χ0) is 13.9. The molecule has 0 aliphatic carbocycles. The van der Waals surface area contributed by atoms with E-state index < -0.39 is 0 Å². The minimum Gasteiger partial charge on any atom is -0.399 e. The number of rotatable bonds is 4. The molecular weight excluding hydrogens is 310 g/mol. The molecular formula is C13H11N3OS3. The Labute approximate surface area is 128 Å². The molecule has 2 heterocycles. The van der Waals surface area contributed by atoms with Gasteiger partial charge in [0.1, 0.15) is 0 Å². The molecule has 3 aromatic rings. The van der Waals surface area contributed by atoms with Gasteiger partial charge in [-0.3, -0.25) is 4.79 Å². The molecule has 0 radical (unpaired) electrons. The van der Waals surface area contributed by atoms with Gasteiger partial charge in [0.2, 0.25) is 5.91 Å². The van der Waals surface area contributed by atoms with Gasteiger partial charge in [-0.15, -0.1) is 23.1 Å². The van der Waals surface area contributed by atoms with E-state index in [1.54, 1.807) is 17.4 Å². The van der Waals surface area contributed by atoms with Crippen LogP contribution >= 0.6 is 34.4 Å². The van der Waals surface area contributed by atoms with Crippen LogP contribution in [0.15, 0.2) is 39.9 Å². The first-order chi connectivity index (χ1) is 9.70. The topological polar surface area (TPSA) is 68.0 Å². The van der Waals surface area contributed by atoms with Gasteiger partial charge in [-0.05, 0) is 29.6 Å². The number of hydrogen-bond acceptors (Lipinski definition) is 6. The Morgan fingerprint density at radius 1 is 1.40 bits per heavy atom. The number of aromatic nitrogens is 1. The molecule has 20 heavy (non-hydrogen) atoms. The smallest absolute Gasteiger partial charge is 0.236 e. The fourth-order valence-electron chi connectivity index (χ4n) is 1.63. The summed E-state index contributed by atoms with van der Waals surface area (Å²) in [6.45, 7) is 0. The number of anilines is 2. The van der Waals surface area contributed by atoms with Gasteiger partial charge in [0, 0.05) is 5.69 Å². The third kappa shape index (κ3) is 3.12. The number of nitrogens with one attached hydrogen (secondary N) is 1. The predicted octanol–water partition coefficient (Wildman–Crippen LogP) is 3.67. The first-order valence-corrected chi connectivity index (χ1v) is 8.51. The predicted molar refractivity (Wildman–Crippen MR) is 87.7 cm³/mol. The molecule has 102 valence electrons. The third-order valence-corrected chi connectivity index (χ3v) is 5.56. The van der Waals surface area contributed by atoms with Crippen LogP contribution in [0.2, 0.25) is 0 Å². The average Bonchev–Trinajstić information content (AvgIpc) is 3.04. The molecule has 7 heteroatoms. The molecule has 0 saturated heterocycles. The van der Waals surface area contributed by atoms with E-state index >= 15 is 0 Å². The minimum absolute atomic E-state index is 0.0459. The highest BCUT2D eigenvalue weighted by atomic mass is 32.2. The van der Waals surface area contributed by atoms with E-state index in [-0.39, 0.29) is 5.91 Å². The van der Waals surface area contributed by atoms with Crippen LogP contribution in [0.1, 0.15) is 0 Å². The maximum absolute atomic E-state index is 11.9. The molecule has 0 fully saturated rings. The van der Waals surface area contributed by atoms with Gasteiger partial charge < -0.3 is 11.1 Å². The normalized spacial score (nSPS) is 10.8. The second-order valence-corrected chi connectivity index (χ2v) is 7.27. The summed E-state index contributed by atoms with van der Waals surface area (Å²) in [4.78, 5) is 16.2. The molecule has 0 unspecified atom stereocenters. The van der Waals surface area contributed by atoms with E-state index in [0.717, 1.165) is 14.4 Å². The zero-order valence-electron chi connectivity index (χ0n) is 10.3. The quantitative estimate of drug-likeness (QED) is 0.568. The summed E-state index contributed by atoms with van der Waals surface area (Å²) in [7, 11) is 0. The number of amides is 1. The fraction of sp³-hybridized carbons (Fsp3) is 0.0769. The van der Waals surface area contributed by atoms with Crippen LogP contribution in [0, 0.1) is 0 Å². The molecule has 0 aliphatic heterocycles. The van der Waals surface area contributed by atoms with Crippen molar-refractivity contribution >= 4 is 61.4 Å². The van der Waals surface area contributed by atoms with Gasteiger partial charge in [-0.1, -0.05) is 17.4 Å². The third-order valence-electron chi connectivity index (χ3n) is 2.50. The van der Waals surface area contributed by atoms with Gasteiger partial charge in [-0.2, -0.15) is 0 Å². The lowest BCUT2D eigenvalue weighted by atomic mass is 10.3. The molecule has 4 nitrogen and oxygen atoms in total. The highest BCUT2D eigenvalue weighted by Gasteiger charge is 2.08. The van der Waals surface area contributed by atoms with E-state index in [4.69, 9.17) is 5.73 Å². The highest BCUT2D eigenvalue weighted by Crippen LogP contribution is 2.28. The summed E-state index contributed by atoms with van der Waals surface area (Å²) in [6.07, 6.45) is 0. The summed E-state index contributed by atoms with van der Waals surface area (Å²) in [5.41, 5.74) is 7.28. The Morgan fingerprint density at radius 2 is 2.30 bits per heavy atom. The first kappa shape index (κ1) is 13.4. The molecule has 0 saturated carbocycles. The van der Waals surface area contributed by atoms with Crippen LogP contribution in [-0.4, -0.2) is 16.6 Å². The molecule has 0 spiro atoms. The number of thiazole rings is 1. The maximum Gasteiger partial charge on any atom is 0.236 e. The number of hydrogen-bond donors (Lipinski definition) is 2. The number of fused-ring (bicyclic) bond motifs is 1. The second-order valence-electron chi connectivity index (χ2n) is 4.02.